The molecule has 0 spiro atoms. The number of hydrogen-bond acceptors (Lipinski definition) is 3. The van der Waals surface area contributed by atoms with Crippen molar-refractivity contribution in [2.75, 3.05) is 18.8 Å². The molecule has 0 saturated heterocycles. The van der Waals surface area contributed by atoms with E-state index >= 15 is 0 Å². The fraction of sp³-hybridized carbons (Fsp3) is 0.429. The number of carbonyl (C=O) groups excluding carboxylic acids is 1. The Hall–Kier alpha value is -1.07. The molecule has 19 heavy (non-hydrogen) atoms. The monoisotopic (exact) mass is 296 g/mol. The van der Waals surface area contributed by atoms with Crippen molar-refractivity contribution in [3.63, 3.8) is 0 Å². The van der Waals surface area contributed by atoms with Crippen LogP contribution in [0.1, 0.15) is 13.8 Å². The van der Waals surface area contributed by atoms with Crippen LogP contribution in [0.2, 0.25) is 0 Å². The number of nitrogens with two attached hydrogens (primary N) is 1. The average molecular weight is 296 g/mol. The molecule has 1 rings (SSSR count). The van der Waals surface area contributed by atoms with Gasteiger partial charge in [0.05, 0.1) is 10.7 Å². The van der Waals surface area contributed by atoms with Crippen molar-refractivity contribution in [3.05, 3.63) is 30.3 Å². The van der Waals surface area contributed by atoms with Gasteiger partial charge in [-0.15, -0.1) is 11.8 Å². The molecule has 0 aromatic heterocycles. The lowest BCUT2D eigenvalue weighted by Crippen LogP contribution is -2.39. The predicted octanol–water partition coefficient (Wildman–Crippen LogP) is 2.55. The second kappa shape index (κ2) is 8.17. The first kappa shape index (κ1) is 16.0. The third-order valence-corrected chi connectivity index (χ3v) is 4.22. The molecular formula is C14H20N2OS2. The van der Waals surface area contributed by atoms with E-state index in [2.05, 4.69) is 0 Å². The molecule has 0 aliphatic rings. The molecule has 1 aromatic carbocycles. The van der Waals surface area contributed by atoms with Crippen molar-refractivity contribution in [2.24, 2.45) is 11.7 Å². The van der Waals surface area contributed by atoms with E-state index in [1.165, 1.54) is 0 Å². The van der Waals surface area contributed by atoms with Gasteiger partial charge in [-0.1, -0.05) is 37.3 Å². The maximum Gasteiger partial charge on any atom is 0.232 e. The molecule has 0 heterocycles. The molecule has 0 aliphatic carbocycles. The van der Waals surface area contributed by atoms with Crippen LogP contribution in [-0.2, 0) is 4.79 Å². The maximum atomic E-state index is 12.1. The second-order valence-corrected chi connectivity index (χ2v) is 5.86. The van der Waals surface area contributed by atoms with Gasteiger partial charge in [-0.25, -0.2) is 0 Å². The van der Waals surface area contributed by atoms with Crippen LogP contribution in [0, 0.1) is 5.92 Å². The molecule has 0 bridgehead atoms. The number of hydrogen-bond donors (Lipinski definition) is 1. The lowest BCUT2D eigenvalue weighted by molar-refractivity contribution is -0.128. The third-order valence-electron chi connectivity index (χ3n) is 2.82. The standard InChI is InChI=1S/C14H20N2OS2/c1-3-16(9-11(2)14(15)18)13(17)10-19-12-7-5-4-6-8-12/h4-8,11H,3,9-10H2,1-2H3,(H2,15,18). The molecule has 3 nitrogen and oxygen atoms in total. The number of thiocarbonyl (C=S) groups is 1. The maximum absolute atomic E-state index is 12.1. The van der Waals surface area contributed by atoms with Gasteiger partial charge in [0.2, 0.25) is 5.91 Å². The molecule has 1 amide bonds. The van der Waals surface area contributed by atoms with E-state index in [1.54, 1.807) is 16.7 Å². The number of nitrogens with zero attached hydrogens (tertiary/aromatic N) is 1. The molecule has 0 aliphatic heterocycles. The van der Waals surface area contributed by atoms with E-state index in [-0.39, 0.29) is 11.8 Å². The number of amides is 1. The van der Waals surface area contributed by atoms with Gasteiger partial charge in [0, 0.05) is 23.9 Å². The van der Waals surface area contributed by atoms with E-state index in [9.17, 15) is 4.79 Å². The van der Waals surface area contributed by atoms with Gasteiger partial charge in [-0.05, 0) is 19.1 Å². The average Bonchev–Trinajstić information content (AvgIpc) is 2.42. The van der Waals surface area contributed by atoms with Crippen LogP contribution in [0.15, 0.2) is 35.2 Å². The highest BCUT2D eigenvalue weighted by Crippen LogP contribution is 2.17. The summed E-state index contributed by atoms with van der Waals surface area (Å²) in [4.78, 5) is 15.5. The molecular weight excluding hydrogens is 276 g/mol. The minimum atomic E-state index is 0.0561. The zero-order valence-corrected chi connectivity index (χ0v) is 13.0. The van der Waals surface area contributed by atoms with Crippen molar-refractivity contribution < 1.29 is 4.79 Å². The van der Waals surface area contributed by atoms with E-state index in [4.69, 9.17) is 18.0 Å². The van der Waals surface area contributed by atoms with Crippen molar-refractivity contribution >= 4 is 34.9 Å². The Morgan fingerprint density at radius 3 is 2.58 bits per heavy atom. The number of thioether (sulfide) groups is 1. The van der Waals surface area contributed by atoms with Gasteiger partial charge < -0.3 is 10.6 Å². The quantitative estimate of drug-likeness (QED) is 0.620. The largest absolute Gasteiger partial charge is 0.393 e. The van der Waals surface area contributed by atoms with Crippen molar-refractivity contribution in [2.45, 2.75) is 18.7 Å². The van der Waals surface area contributed by atoms with Crippen LogP contribution in [0.5, 0.6) is 0 Å². The van der Waals surface area contributed by atoms with Crippen LogP contribution >= 0.6 is 24.0 Å². The van der Waals surface area contributed by atoms with Gasteiger partial charge in [0.25, 0.3) is 0 Å². The number of carbonyl (C=O) groups is 1. The van der Waals surface area contributed by atoms with Gasteiger partial charge >= 0.3 is 0 Å². The molecule has 5 heteroatoms. The Labute approximate surface area is 124 Å². The fourth-order valence-corrected chi connectivity index (χ4v) is 2.48. The summed E-state index contributed by atoms with van der Waals surface area (Å²) >= 11 is 6.50. The van der Waals surface area contributed by atoms with E-state index in [0.717, 1.165) is 4.90 Å². The lowest BCUT2D eigenvalue weighted by Gasteiger charge is -2.24. The van der Waals surface area contributed by atoms with Crippen LogP contribution in [0.25, 0.3) is 0 Å². The highest BCUT2D eigenvalue weighted by Gasteiger charge is 2.16. The first-order valence-corrected chi connectivity index (χ1v) is 7.69. The van der Waals surface area contributed by atoms with Crippen LogP contribution in [0.3, 0.4) is 0 Å². The number of benzene rings is 1. The first-order chi connectivity index (χ1) is 9.04. The summed E-state index contributed by atoms with van der Waals surface area (Å²) in [5.41, 5.74) is 5.59. The molecule has 1 aromatic rings. The normalized spacial score (nSPS) is 11.9. The fourth-order valence-electron chi connectivity index (χ4n) is 1.58. The van der Waals surface area contributed by atoms with E-state index in [1.807, 2.05) is 44.2 Å². The molecule has 0 radical (unpaired) electrons. The molecule has 0 fully saturated rings. The Morgan fingerprint density at radius 1 is 1.42 bits per heavy atom. The van der Waals surface area contributed by atoms with Gasteiger partial charge in [-0.2, -0.15) is 0 Å². The predicted molar refractivity (Wildman–Crippen MR) is 85.4 cm³/mol. The van der Waals surface area contributed by atoms with Gasteiger partial charge in [-0.3, -0.25) is 4.79 Å². The topological polar surface area (TPSA) is 46.3 Å². The van der Waals surface area contributed by atoms with Gasteiger partial charge in [0.15, 0.2) is 0 Å². The third kappa shape index (κ3) is 5.61. The Balaban J connectivity index is 2.48. The smallest absolute Gasteiger partial charge is 0.232 e. The van der Waals surface area contributed by atoms with Crippen LogP contribution < -0.4 is 5.73 Å². The first-order valence-electron chi connectivity index (χ1n) is 6.29. The van der Waals surface area contributed by atoms with E-state index < -0.39 is 0 Å². The summed E-state index contributed by atoms with van der Waals surface area (Å²) in [6, 6.07) is 9.92. The Bertz CT molecular complexity index is 423. The number of rotatable bonds is 7. The summed E-state index contributed by atoms with van der Waals surface area (Å²) in [6.07, 6.45) is 0. The molecule has 0 saturated carbocycles. The summed E-state index contributed by atoms with van der Waals surface area (Å²) in [6.45, 7) is 5.20. The highest BCUT2D eigenvalue weighted by atomic mass is 32.2. The lowest BCUT2D eigenvalue weighted by atomic mass is 10.1. The Kier molecular flexibility index (Phi) is 6.87. The summed E-state index contributed by atoms with van der Waals surface area (Å²) in [7, 11) is 0. The zero-order chi connectivity index (χ0) is 14.3. The SMILES string of the molecule is CCN(CC(C)C(N)=S)C(=O)CSc1ccccc1. The summed E-state index contributed by atoms with van der Waals surface area (Å²) in [5.74, 6) is 0.627. The molecule has 1 atom stereocenters. The summed E-state index contributed by atoms with van der Waals surface area (Å²) in [5, 5.41) is 0. The van der Waals surface area contributed by atoms with Crippen LogP contribution in [0.4, 0.5) is 0 Å². The molecule has 1 unspecified atom stereocenters. The second-order valence-electron chi connectivity index (χ2n) is 4.34. The van der Waals surface area contributed by atoms with Crippen molar-refractivity contribution in [3.8, 4) is 0 Å². The summed E-state index contributed by atoms with van der Waals surface area (Å²) < 4.78 is 0. The zero-order valence-electron chi connectivity index (χ0n) is 11.3. The van der Waals surface area contributed by atoms with Crippen LogP contribution in [-0.4, -0.2) is 34.6 Å². The van der Waals surface area contributed by atoms with E-state index in [0.29, 0.717) is 23.8 Å². The Morgan fingerprint density at radius 2 is 2.05 bits per heavy atom. The van der Waals surface area contributed by atoms with Crippen molar-refractivity contribution in [1.29, 1.82) is 0 Å². The van der Waals surface area contributed by atoms with Gasteiger partial charge in [0.1, 0.15) is 0 Å². The minimum Gasteiger partial charge on any atom is -0.393 e. The minimum absolute atomic E-state index is 0.0561. The van der Waals surface area contributed by atoms with Crippen molar-refractivity contribution in [1.82, 2.24) is 4.90 Å². The molecule has 104 valence electrons. The molecule has 2 N–H and O–H groups in total. The highest BCUT2D eigenvalue weighted by molar-refractivity contribution is 8.00.